The Morgan fingerprint density at radius 3 is 0.835 bits per heavy atom. The van der Waals surface area contributed by atoms with E-state index < -0.39 is 6.10 Å². The van der Waals surface area contributed by atoms with Crippen molar-refractivity contribution in [2.45, 2.75) is 322 Å². The average Bonchev–Trinajstić information content (AvgIpc) is 3.45. The summed E-state index contributed by atoms with van der Waals surface area (Å²) in [5.74, 6) is -0.942. The summed E-state index contributed by atoms with van der Waals surface area (Å²) in [6, 6.07) is 0. The number of rotatable bonds is 60. The molecule has 0 aliphatic rings. The highest BCUT2D eigenvalue weighted by atomic mass is 16.6. The van der Waals surface area contributed by atoms with Crippen LogP contribution in [-0.2, 0) is 28.6 Å². The van der Waals surface area contributed by atoms with E-state index in [2.05, 4.69) is 130 Å². The van der Waals surface area contributed by atoms with E-state index in [0.717, 1.165) is 103 Å². The molecule has 6 nitrogen and oxygen atoms in total. The van der Waals surface area contributed by atoms with Crippen molar-refractivity contribution in [1.29, 1.82) is 0 Å². The van der Waals surface area contributed by atoms with Gasteiger partial charge in [-0.15, -0.1) is 0 Å². The standard InChI is InChI=1S/C73H124O6/c1-4-7-10-13-16-19-22-25-28-31-33-35-36-38-39-42-45-48-51-54-57-60-63-66-72(75)78-69-70(68-77-71(74)65-62-59-56-53-50-47-44-41-30-27-24-21-18-15-12-9-6-3)79-73(76)67-64-61-58-55-52-49-46-43-40-37-34-32-29-26-23-20-17-14-11-8-5-2/h8,11,17-18,20-21,26-27,29-31,33-34,37,43,46,52,55,70H,4-7,9-10,12-16,19,22-25,28,32,35-36,38-42,44-45,47-51,53-54,56-69H2,1-3H3/b11-8-,20-17-,21-18-,29-26-,30-27-,33-31-,37-34-,46-43-,55-52-. The second kappa shape index (κ2) is 66.6. The molecule has 0 bridgehead atoms. The predicted octanol–water partition coefficient (Wildman–Crippen LogP) is 23.0. The second-order valence-electron chi connectivity index (χ2n) is 22.0. The maximum absolute atomic E-state index is 12.9. The molecule has 0 spiro atoms. The number of esters is 3. The van der Waals surface area contributed by atoms with Crippen molar-refractivity contribution in [3.8, 4) is 0 Å². The van der Waals surface area contributed by atoms with Gasteiger partial charge >= 0.3 is 17.9 Å². The van der Waals surface area contributed by atoms with Crippen LogP contribution in [0.3, 0.4) is 0 Å². The van der Waals surface area contributed by atoms with Gasteiger partial charge in [-0.2, -0.15) is 0 Å². The van der Waals surface area contributed by atoms with E-state index in [1.165, 1.54) is 167 Å². The molecule has 1 unspecified atom stereocenters. The van der Waals surface area contributed by atoms with Gasteiger partial charge in [-0.1, -0.05) is 278 Å². The molecule has 0 aliphatic carbocycles. The Morgan fingerprint density at radius 2 is 0.494 bits per heavy atom. The highest BCUT2D eigenvalue weighted by Crippen LogP contribution is 2.16. The summed E-state index contributed by atoms with van der Waals surface area (Å²) in [7, 11) is 0. The summed E-state index contributed by atoms with van der Waals surface area (Å²) in [4.78, 5) is 38.4. The van der Waals surface area contributed by atoms with Crippen LogP contribution in [0.25, 0.3) is 0 Å². The summed E-state index contributed by atoms with van der Waals surface area (Å²) in [6.07, 6.45) is 91.0. The van der Waals surface area contributed by atoms with Crippen molar-refractivity contribution in [1.82, 2.24) is 0 Å². The van der Waals surface area contributed by atoms with Crippen molar-refractivity contribution >= 4 is 17.9 Å². The summed E-state index contributed by atoms with van der Waals surface area (Å²) in [5, 5.41) is 0. The number of carbonyl (C=O) groups excluding carboxylic acids is 3. The first-order valence-electron chi connectivity index (χ1n) is 33.4. The minimum absolute atomic E-state index is 0.0988. The van der Waals surface area contributed by atoms with E-state index in [-0.39, 0.29) is 37.5 Å². The van der Waals surface area contributed by atoms with Crippen molar-refractivity contribution in [3.63, 3.8) is 0 Å². The van der Waals surface area contributed by atoms with Crippen LogP contribution in [-0.4, -0.2) is 37.2 Å². The average molecular weight is 1100 g/mol. The van der Waals surface area contributed by atoms with Gasteiger partial charge in [-0.3, -0.25) is 14.4 Å². The first-order chi connectivity index (χ1) is 39.0. The highest BCUT2D eigenvalue weighted by Gasteiger charge is 2.19. The largest absolute Gasteiger partial charge is 0.462 e. The summed E-state index contributed by atoms with van der Waals surface area (Å²) in [5.41, 5.74) is 0. The first-order valence-corrected chi connectivity index (χ1v) is 33.4. The fourth-order valence-electron chi connectivity index (χ4n) is 9.24. The lowest BCUT2D eigenvalue weighted by molar-refractivity contribution is -0.167. The predicted molar refractivity (Wildman–Crippen MR) is 343 cm³/mol. The smallest absolute Gasteiger partial charge is 0.306 e. The fraction of sp³-hybridized carbons (Fsp3) is 0.712. The Labute approximate surface area is 489 Å². The van der Waals surface area contributed by atoms with Crippen LogP contribution in [0.2, 0.25) is 0 Å². The number of ether oxygens (including phenoxy) is 3. The van der Waals surface area contributed by atoms with Gasteiger partial charge in [0.25, 0.3) is 0 Å². The molecule has 0 heterocycles. The maximum atomic E-state index is 12.9. The van der Waals surface area contributed by atoms with Gasteiger partial charge in [0.05, 0.1) is 0 Å². The number of hydrogen-bond acceptors (Lipinski definition) is 6. The van der Waals surface area contributed by atoms with Crippen molar-refractivity contribution in [2.75, 3.05) is 13.2 Å². The van der Waals surface area contributed by atoms with Crippen LogP contribution >= 0.6 is 0 Å². The van der Waals surface area contributed by atoms with Crippen LogP contribution in [0.4, 0.5) is 0 Å². The van der Waals surface area contributed by atoms with Gasteiger partial charge in [-0.25, -0.2) is 0 Å². The van der Waals surface area contributed by atoms with Gasteiger partial charge in [0.1, 0.15) is 13.2 Å². The molecule has 0 rings (SSSR count). The van der Waals surface area contributed by atoms with E-state index in [1.54, 1.807) is 0 Å². The van der Waals surface area contributed by atoms with Gasteiger partial charge in [-0.05, 0) is 128 Å². The monoisotopic (exact) mass is 1100 g/mol. The lowest BCUT2D eigenvalue weighted by Crippen LogP contribution is -2.30. The molecule has 0 aromatic rings. The molecular weight excluding hydrogens is 973 g/mol. The molecule has 452 valence electrons. The number of unbranched alkanes of at least 4 members (excludes halogenated alkanes) is 31. The molecule has 0 radical (unpaired) electrons. The van der Waals surface area contributed by atoms with Gasteiger partial charge in [0, 0.05) is 19.3 Å². The molecule has 0 fully saturated rings. The van der Waals surface area contributed by atoms with Gasteiger partial charge in [0.15, 0.2) is 6.10 Å². The van der Waals surface area contributed by atoms with Crippen molar-refractivity contribution in [3.05, 3.63) is 109 Å². The number of carbonyl (C=O) groups is 3. The highest BCUT2D eigenvalue weighted by molar-refractivity contribution is 5.71. The van der Waals surface area contributed by atoms with E-state index in [1.807, 2.05) is 0 Å². The van der Waals surface area contributed by atoms with Gasteiger partial charge in [0.2, 0.25) is 0 Å². The normalized spacial score (nSPS) is 12.8. The zero-order valence-electron chi connectivity index (χ0n) is 51.9. The van der Waals surface area contributed by atoms with Crippen molar-refractivity contribution in [2.24, 2.45) is 0 Å². The molecule has 6 heteroatoms. The molecule has 0 amide bonds. The van der Waals surface area contributed by atoms with Gasteiger partial charge < -0.3 is 14.2 Å². The Hall–Kier alpha value is -3.93. The molecule has 0 saturated heterocycles. The lowest BCUT2D eigenvalue weighted by atomic mass is 10.0. The summed E-state index contributed by atoms with van der Waals surface area (Å²) >= 11 is 0. The molecule has 1 atom stereocenters. The van der Waals surface area contributed by atoms with Crippen LogP contribution in [0.1, 0.15) is 316 Å². The van der Waals surface area contributed by atoms with Crippen molar-refractivity contribution < 1.29 is 28.6 Å². The minimum atomic E-state index is -0.808. The van der Waals surface area contributed by atoms with Crippen LogP contribution in [0, 0.1) is 0 Å². The molecule has 0 saturated carbocycles. The zero-order chi connectivity index (χ0) is 57.1. The SMILES string of the molecule is CC/C=C\C/C=C\C/C=C\C/C=C\C/C=C\C/C=C\CCCCC(=O)OC(COC(=O)CCCCCCCCC/C=C\C/C=C\CCCCC)COC(=O)CCCCCCCCCCCCC/C=C\CCCCCCCCCC. The Morgan fingerprint density at radius 1 is 0.266 bits per heavy atom. The van der Waals surface area contributed by atoms with E-state index in [4.69, 9.17) is 14.2 Å². The fourth-order valence-corrected chi connectivity index (χ4v) is 9.24. The molecule has 79 heavy (non-hydrogen) atoms. The lowest BCUT2D eigenvalue weighted by Gasteiger charge is -2.18. The van der Waals surface area contributed by atoms with E-state index >= 15 is 0 Å². The number of hydrogen-bond donors (Lipinski definition) is 0. The molecule has 0 aliphatic heterocycles. The Kier molecular flexibility index (Phi) is 63.3. The number of allylic oxidation sites excluding steroid dienone is 18. The third-order valence-corrected chi connectivity index (χ3v) is 14.2. The molecule has 0 N–H and O–H groups in total. The second-order valence-corrected chi connectivity index (χ2v) is 22.0. The van der Waals surface area contributed by atoms with E-state index in [9.17, 15) is 14.4 Å². The van der Waals surface area contributed by atoms with Crippen LogP contribution in [0.5, 0.6) is 0 Å². The quantitative estimate of drug-likeness (QED) is 0.0261. The molecule has 0 aromatic heterocycles. The van der Waals surface area contributed by atoms with E-state index in [0.29, 0.717) is 19.3 Å². The molecule has 0 aromatic carbocycles. The summed E-state index contributed by atoms with van der Waals surface area (Å²) in [6.45, 7) is 6.49. The third-order valence-electron chi connectivity index (χ3n) is 14.2. The molecular formula is C73H124O6. The van der Waals surface area contributed by atoms with Crippen LogP contribution < -0.4 is 0 Å². The Bertz CT molecular complexity index is 1590. The topological polar surface area (TPSA) is 78.9 Å². The zero-order valence-corrected chi connectivity index (χ0v) is 51.9. The van der Waals surface area contributed by atoms with Crippen LogP contribution in [0.15, 0.2) is 109 Å². The first kappa shape index (κ1) is 75.1. The third kappa shape index (κ3) is 64.8. The maximum Gasteiger partial charge on any atom is 0.306 e. The Balaban J connectivity index is 4.45. The minimum Gasteiger partial charge on any atom is -0.462 e. The summed E-state index contributed by atoms with van der Waals surface area (Å²) < 4.78 is 16.9.